The highest BCUT2D eigenvalue weighted by molar-refractivity contribution is 7.89. The van der Waals surface area contributed by atoms with Crippen LogP contribution >= 0.6 is 0 Å². The smallest absolute Gasteiger partial charge is 0.248 e. The van der Waals surface area contributed by atoms with Crippen molar-refractivity contribution in [3.05, 3.63) is 53.8 Å². The maximum atomic E-state index is 14.7. The van der Waals surface area contributed by atoms with Crippen molar-refractivity contribution in [3.63, 3.8) is 0 Å². The molecule has 202 valence electrons. The molecule has 1 saturated carbocycles. The molecule has 1 amide bonds. The van der Waals surface area contributed by atoms with E-state index >= 15 is 0 Å². The molecule has 10 heteroatoms. The molecule has 2 aromatic rings. The number of methoxy groups -OCH3 is 1. The fourth-order valence-electron chi connectivity index (χ4n) is 5.35. The Hall–Kier alpha value is -2.43. The average Bonchev–Trinajstić information content (AvgIpc) is 3.36. The molecule has 1 aliphatic carbocycles. The lowest BCUT2D eigenvalue weighted by Crippen LogP contribution is -2.53. The minimum Gasteiger partial charge on any atom is -0.383 e. The number of alkyl halides is 2. The molecule has 2 aromatic carbocycles. The van der Waals surface area contributed by atoms with Crippen LogP contribution in [-0.4, -0.2) is 68.3 Å². The largest absolute Gasteiger partial charge is 0.383 e. The van der Waals surface area contributed by atoms with Crippen LogP contribution in [0.15, 0.2) is 47.4 Å². The number of aryl methyl sites for hydroxylation is 1. The van der Waals surface area contributed by atoms with E-state index in [9.17, 15) is 26.4 Å². The fraction of sp³-hybridized carbons (Fsp3) is 0.519. The van der Waals surface area contributed by atoms with Crippen LogP contribution in [0.5, 0.6) is 0 Å². The number of sulfonamides is 1. The molecule has 4 rings (SSSR count). The number of nitrogens with zero attached hydrogens (tertiary/aromatic N) is 2. The molecule has 0 bridgehead atoms. The fourth-order valence-corrected chi connectivity index (χ4v) is 7.19. The Morgan fingerprint density at radius 3 is 2.49 bits per heavy atom. The van der Waals surface area contributed by atoms with Crippen LogP contribution in [0.1, 0.15) is 44.1 Å². The van der Waals surface area contributed by atoms with Crippen molar-refractivity contribution in [2.45, 2.75) is 68.4 Å². The van der Waals surface area contributed by atoms with Crippen molar-refractivity contribution < 1.29 is 31.1 Å². The third-order valence-corrected chi connectivity index (χ3v) is 9.29. The molecule has 37 heavy (non-hydrogen) atoms. The van der Waals surface area contributed by atoms with Crippen molar-refractivity contribution in [1.82, 2.24) is 9.21 Å². The summed E-state index contributed by atoms with van der Waals surface area (Å²) in [6.07, 6.45) is 0.490. The number of carbonyl (C=O) groups excluding carboxylic acids is 1. The van der Waals surface area contributed by atoms with Gasteiger partial charge in [-0.25, -0.2) is 21.6 Å². The first-order valence-electron chi connectivity index (χ1n) is 12.6. The zero-order chi connectivity index (χ0) is 26.8. The summed E-state index contributed by atoms with van der Waals surface area (Å²) in [6, 6.07) is 9.35. The third kappa shape index (κ3) is 5.86. The summed E-state index contributed by atoms with van der Waals surface area (Å²) in [4.78, 5) is 15.2. The Balaban J connectivity index is 1.67. The Labute approximate surface area is 216 Å². The molecule has 0 unspecified atom stereocenters. The predicted octanol–water partition coefficient (Wildman–Crippen LogP) is 5.01. The second-order valence-corrected chi connectivity index (χ2v) is 11.7. The van der Waals surface area contributed by atoms with E-state index in [1.54, 1.807) is 25.1 Å². The van der Waals surface area contributed by atoms with Crippen molar-refractivity contribution in [3.8, 4) is 11.1 Å². The first-order valence-corrected chi connectivity index (χ1v) is 14.0. The lowest BCUT2D eigenvalue weighted by atomic mass is 9.90. The number of rotatable bonds is 8. The number of benzene rings is 2. The number of carbonyl (C=O) groups is 1. The molecule has 6 nitrogen and oxygen atoms in total. The summed E-state index contributed by atoms with van der Waals surface area (Å²) >= 11 is 0. The first kappa shape index (κ1) is 27.6. The molecule has 2 aliphatic rings. The normalized spacial score (nSPS) is 20.7. The van der Waals surface area contributed by atoms with Gasteiger partial charge in [0.05, 0.1) is 11.5 Å². The summed E-state index contributed by atoms with van der Waals surface area (Å²) in [5.41, 5.74) is 1.17. The van der Waals surface area contributed by atoms with Gasteiger partial charge in [0.25, 0.3) is 0 Å². The van der Waals surface area contributed by atoms with Gasteiger partial charge in [-0.3, -0.25) is 4.79 Å². The van der Waals surface area contributed by atoms with Crippen LogP contribution in [0, 0.1) is 12.7 Å². The third-order valence-electron chi connectivity index (χ3n) is 7.32. The van der Waals surface area contributed by atoms with Crippen molar-refractivity contribution in [2.24, 2.45) is 0 Å². The highest BCUT2D eigenvalue weighted by Crippen LogP contribution is 2.38. The van der Waals surface area contributed by atoms with Gasteiger partial charge < -0.3 is 9.64 Å². The van der Waals surface area contributed by atoms with Gasteiger partial charge >= 0.3 is 0 Å². The quantitative estimate of drug-likeness (QED) is 0.474. The Morgan fingerprint density at radius 1 is 1.11 bits per heavy atom. The molecule has 1 heterocycles. The molecular weight excluding hydrogens is 505 g/mol. The zero-order valence-corrected chi connectivity index (χ0v) is 21.9. The second-order valence-electron chi connectivity index (χ2n) is 9.86. The average molecular weight is 539 g/mol. The Bertz CT molecular complexity index is 1230. The molecule has 1 saturated heterocycles. The number of amides is 1. The summed E-state index contributed by atoms with van der Waals surface area (Å²) in [7, 11) is -2.69. The summed E-state index contributed by atoms with van der Waals surface area (Å²) < 4.78 is 76.6. The number of ether oxygens (including phenoxy) is 1. The molecule has 1 atom stereocenters. The predicted molar refractivity (Wildman–Crippen MR) is 134 cm³/mol. The zero-order valence-electron chi connectivity index (χ0n) is 21.1. The maximum absolute atomic E-state index is 14.7. The molecule has 2 fully saturated rings. The van der Waals surface area contributed by atoms with Crippen LogP contribution in [0.25, 0.3) is 11.1 Å². The van der Waals surface area contributed by atoms with Crippen LogP contribution in [0.2, 0.25) is 0 Å². The molecule has 0 N–H and O–H groups in total. The van der Waals surface area contributed by atoms with Gasteiger partial charge in [0, 0.05) is 50.2 Å². The number of hydrogen-bond donors (Lipinski definition) is 0. The number of halogens is 3. The van der Waals surface area contributed by atoms with Gasteiger partial charge in [-0.2, -0.15) is 4.31 Å². The maximum Gasteiger partial charge on any atom is 0.248 e. The SMILES string of the molecule is COCCN(C(=O)[C@@H]1CCCN1S(=O)(=O)c1ccc(C)cc1-c1ccccc1F)C1CCC(F)(F)CC1. The van der Waals surface area contributed by atoms with Crippen molar-refractivity contribution in [1.29, 1.82) is 0 Å². The minimum atomic E-state index is -4.18. The van der Waals surface area contributed by atoms with E-state index in [1.807, 2.05) is 0 Å². The van der Waals surface area contributed by atoms with E-state index in [4.69, 9.17) is 4.74 Å². The van der Waals surface area contributed by atoms with Gasteiger partial charge in [0.2, 0.25) is 21.9 Å². The van der Waals surface area contributed by atoms with Gasteiger partial charge in [0.15, 0.2) is 0 Å². The van der Waals surface area contributed by atoms with E-state index in [1.165, 1.54) is 40.6 Å². The minimum absolute atomic E-state index is 0.0661. The van der Waals surface area contributed by atoms with Crippen LogP contribution in [0.4, 0.5) is 13.2 Å². The van der Waals surface area contributed by atoms with E-state index in [-0.39, 0.29) is 61.4 Å². The Morgan fingerprint density at radius 2 is 1.81 bits per heavy atom. The summed E-state index contributed by atoms with van der Waals surface area (Å²) in [5.74, 6) is -3.68. The monoisotopic (exact) mass is 538 g/mol. The van der Waals surface area contributed by atoms with E-state index < -0.39 is 39.8 Å². The van der Waals surface area contributed by atoms with Crippen LogP contribution in [-0.2, 0) is 19.6 Å². The van der Waals surface area contributed by atoms with Crippen LogP contribution < -0.4 is 0 Å². The van der Waals surface area contributed by atoms with Gasteiger partial charge in [-0.05, 0) is 50.8 Å². The molecule has 1 aliphatic heterocycles. The van der Waals surface area contributed by atoms with Gasteiger partial charge in [-0.1, -0.05) is 29.8 Å². The standard InChI is InChI=1S/C27H33F3N2O4S/c1-19-9-10-25(22(18-19)21-6-3-4-7-23(21)28)37(34,35)32-15-5-8-24(32)26(33)31(16-17-36-2)20-11-13-27(29,30)14-12-20/h3-4,6-7,9-10,18,20,24H,5,8,11-17H2,1-2H3/t24-/m0/s1. The lowest BCUT2D eigenvalue weighted by molar-refractivity contribution is -0.141. The second kappa shape index (κ2) is 11.1. The van der Waals surface area contributed by atoms with Gasteiger partial charge in [0.1, 0.15) is 11.9 Å². The van der Waals surface area contributed by atoms with Crippen molar-refractivity contribution >= 4 is 15.9 Å². The van der Waals surface area contributed by atoms with Crippen LogP contribution in [0.3, 0.4) is 0 Å². The first-order chi connectivity index (χ1) is 17.5. The van der Waals surface area contributed by atoms with Crippen molar-refractivity contribution in [2.75, 3.05) is 26.8 Å². The highest BCUT2D eigenvalue weighted by Gasteiger charge is 2.45. The molecule has 0 aromatic heterocycles. The Kier molecular flexibility index (Phi) is 8.30. The van der Waals surface area contributed by atoms with E-state index in [2.05, 4.69) is 0 Å². The summed E-state index contributed by atoms with van der Waals surface area (Å²) in [6.45, 7) is 2.35. The highest BCUT2D eigenvalue weighted by atomic mass is 32.2. The lowest BCUT2D eigenvalue weighted by Gasteiger charge is -2.39. The molecule has 0 spiro atoms. The number of hydrogen-bond acceptors (Lipinski definition) is 4. The van der Waals surface area contributed by atoms with E-state index in [0.717, 1.165) is 5.56 Å². The molecule has 0 radical (unpaired) electrons. The van der Waals surface area contributed by atoms with Gasteiger partial charge in [-0.15, -0.1) is 0 Å². The molecular formula is C27H33F3N2O4S. The topological polar surface area (TPSA) is 66.9 Å². The van der Waals surface area contributed by atoms with E-state index in [0.29, 0.717) is 12.8 Å². The summed E-state index contributed by atoms with van der Waals surface area (Å²) in [5, 5.41) is 0.